The van der Waals surface area contributed by atoms with Gasteiger partial charge in [-0.25, -0.2) is 4.79 Å². The third kappa shape index (κ3) is 9.26. The molecule has 0 aliphatic carbocycles. The van der Waals surface area contributed by atoms with Crippen molar-refractivity contribution in [1.29, 1.82) is 0 Å². The van der Waals surface area contributed by atoms with Crippen LogP contribution in [0.5, 0.6) is 0 Å². The van der Waals surface area contributed by atoms with Crippen molar-refractivity contribution >= 4 is 64.9 Å². The first-order valence-electron chi connectivity index (χ1n) is 11.9. The van der Waals surface area contributed by atoms with Crippen molar-refractivity contribution in [3.8, 4) is 0 Å². The smallest absolute Gasteiger partial charge is 0.327 e. The van der Waals surface area contributed by atoms with Gasteiger partial charge >= 0.3 is 5.97 Å². The van der Waals surface area contributed by atoms with Crippen LogP contribution in [0.1, 0.15) is 24.8 Å². The zero-order valence-electron chi connectivity index (χ0n) is 20.9. The van der Waals surface area contributed by atoms with Crippen LogP contribution in [-0.2, 0) is 30.4 Å². The van der Waals surface area contributed by atoms with Crippen LogP contribution in [0, 0.1) is 0 Å². The van der Waals surface area contributed by atoms with E-state index < -0.39 is 53.8 Å². The molecular weight excluding hydrogens is 532 g/mol. The van der Waals surface area contributed by atoms with Crippen LogP contribution in [-0.4, -0.2) is 81.6 Å². The molecule has 2 aromatic rings. The Morgan fingerprint density at radius 1 is 1.00 bits per heavy atom. The number of primary amides is 1. The molecule has 0 radical (unpaired) electrons. The maximum Gasteiger partial charge on any atom is 0.327 e. The molecule has 0 aliphatic rings. The van der Waals surface area contributed by atoms with Crippen molar-refractivity contribution in [2.75, 3.05) is 17.8 Å². The first kappa shape index (κ1) is 31.0. The zero-order chi connectivity index (χ0) is 28.2. The lowest BCUT2D eigenvalue weighted by Gasteiger charge is -2.25. The SMILES string of the molecule is CSCCC(NC(=O)C(Cc1c[nH]c2ccccc12)NC(=O)C(N)CCC(N)=O)C(=O)NC(CS)C(=O)O. The molecule has 38 heavy (non-hydrogen) atoms. The minimum absolute atomic E-state index is 0.00164. The highest BCUT2D eigenvalue weighted by Crippen LogP contribution is 2.19. The molecule has 14 heteroatoms. The number of carbonyl (C=O) groups excluding carboxylic acids is 4. The number of benzene rings is 1. The van der Waals surface area contributed by atoms with Gasteiger partial charge in [-0.15, -0.1) is 0 Å². The van der Waals surface area contributed by atoms with Gasteiger partial charge in [0.25, 0.3) is 0 Å². The molecule has 9 N–H and O–H groups in total. The zero-order valence-corrected chi connectivity index (χ0v) is 22.6. The number of aromatic amines is 1. The minimum atomic E-state index is -1.25. The van der Waals surface area contributed by atoms with E-state index in [9.17, 15) is 29.1 Å². The van der Waals surface area contributed by atoms with Crippen LogP contribution in [0.15, 0.2) is 30.5 Å². The fraction of sp³-hybridized carbons (Fsp3) is 0.458. The van der Waals surface area contributed by atoms with Crippen LogP contribution in [0.3, 0.4) is 0 Å². The Kier molecular flexibility index (Phi) is 12.4. The summed E-state index contributed by atoms with van der Waals surface area (Å²) in [6, 6.07) is 2.96. The molecule has 0 aliphatic heterocycles. The fourth-order valence-electron chi connectivity index (χ4n) is 3.67. The fourth-order valence-corrected chi connectivity index (χ4v) is 4.39. The molecule has 4 amide bonds. The van der Waals surface area contributed by atoms with Gasteiger partial charge in [0, 0.05) is 35.7 Å². The number of fused-ring (bicyclic) bond motifs is 1. The largest absolute Gasteiger partial charge is 0.480 e. The normalized spacial score (nSPS) is 14.2. The lowest BCUT2D eigenvalue weighted by molar-refractivity contribution is -0.141. The molecule has 0 bridgehead atoms. The van der Waals surface area contributed by atoms with E-state index in [1.807, 2.05) is 30.5 Å². The number of hydrogen-bond donors (Lipinski definition) is 8. The van der Waals surface area contributed by atoms with Gasteiger partial charge in [0.15, 0.2) is 0 Å². The molecule has 0 saturated carbocycles. The van der Waals surface area contributed by atoms with E-state index in [0.29, 0.717) is 5.75 Å². The van der Waals surface area contributed by atoms with Crippen molar-refractivity contribution in [2.45, 2.75) is 49.9 Å². The number of hydrogen-bond acceptors (Lipinski definition) is 8. The van der Waals surface area contributed by atoms with E-state index in [1.54, 1.807) is 6.20 Å². The number of para-hydroxylation sites is 1. The van der Waals surface area contributed by atoms with Gasteiger partial charge in [-0.3, -0.25) is 19.2 Å². The molecule has 208 valence electrons. The number of aliphatic carboxylic acids is 1. The maximum atomic E-state index is 13.4. The molecule has 4 atom stereocenters. The maximum absolute atomic E-state index is 13.4. The summed E-state index contributed by atoms with van der Waals surface area (Å²) in [5, 5.41) is 17.8. The molecule has 1 heterocycles. The number of H-pyrrole nitrogens is 1. The quantitative estimate of drug-likeness (QED) is 0.124. The Bertz CT molecular complexity index is 1140. The summed E-state index contributed by atoms with van der Waals surface area (Å²) in [4.78, 5) is 64.6. The lowest BCUT2D eigenvalue weighted by Crippen LogP contribution is -2.58. The van der Waals surface area contributed by atoms with Crippen molar-refractivity contribution in [3.63, 3.8) is 0 Å². The third-order valence-corrected chi connectivity index (χ3v) is 6.82. The average Bonchev–Trinajstić information content (AvgIpc) is 3.29. The monoisotopic (exact) mass is 566 g/mol. The predicted octanol–water partition coefficient (Wildman–Crippen LogP) is -0.475. The van der Waals surface area contributed by atoms with Crippen molar-refractivity contribution in [2.24, 2.45) is 11.5 Å². The third-order valence-electron chi connectivity index (χ3n) is 5.81. The molecule has 2 rings (SSSR count). The highest BCUT2D eigenvalue weighted by atomic mass is 32.2. The number of nitrogens with one attached hydrogen (secondary N) is 4. The molecule has 0 saturated heterocycles. The molecule has 1 aromatic carbocycles. The number of rotatable bonds is 16. The summed E-state index contributed by atoms with van der Waals surface area (Å²) < 4.78 is 0. The first-order chi connectivity index (χ1) is 18.1. The van der Waals surface area contributed by atoms with Crippen LogP contribution in [0.2, 0.25) is 0 Å². The van der Waals surface area contributed by atoms with Gasteiger partial charge in [-0.1, -0.05) is 18.2 Å². The number of carbonyl (C=O) groups is 5. The number of carboxylic acid groups (broad SMARTS) is 1. The first-order valence-corrected chi connectivity index (χ1v) is 13.9. The summed E-state index contributed by atoms with van der Waals surface area (Å²) in [7, 11) is 0. The van der Waals surface area contributed by atoms with Crippen molar-refractivity contribution in [3.05, 3.63) is 36.0 Å². The molecule has 1 aromatic heterocycles. The standard InChI is InChI=1S/C24H34N6O6S2/c1-38-9-8-17(22(33)30-19(12-37)24(35)36)28-23(34)18(29-21(32)15(25)6-7-20(26)31)10-13-11-27-16-5-3-2-4-14(13)16/h2-5,11,15,17-19,27,37H,6-10,12,25H2,1H3,(H2,26,31)(H,28,34)(H,29,32)(H,30,33)(H,35,36). The number of aromatic nitrogens is 1. The summed E-state index contributed by atoms with van der Waals surface area (Å²) in [6.45, 7) is 0. The number of nitrogens with two attached hydrogens (primary N) is 2. The van der Waals surface area contributed by atoms with Gasteiger partial charge in [0.05, 0.1) is 6.04 Å². The van der Waals surface area contributed by atoms with Crippen LogP contribution in [0.25, 0.3) is 10.9 Å². The molecule has 0 fully saturated rings. The predicted molar refractivity (Wildman–Crippen MR) is 149 cm³/mol. The Balaban J connectivity index is 2.27. The number of carboxylic acids is 1. The van der Waals surface area contributed by atoms with Crippen molar-refractivity contribution in [1.82, 2.24) is 20.9 Å². The van der Waals surface area contributed by atoms with Gasteiger partial charge in [-0.05, 0) is 36.5 Å². The van der Waals surface area contributed by atoms with Gasteiger partial charge < -0.3 is 37.5 Å². The summed E-state index contributed by atoms with van der Waals surface area (Å²) in [5.41, 5.74) is 12.6. The Labute approximate surface area is 229 Å². The van der Waals surface area contributed by atoms with E-state index in [0.717, 1.165) is 16.5 Å². The van der Waals surface area contributed by atoms with Crippen LogP contribution in [0.4, 0.5) is 0 Å². The van der Waals surface area contributed by atoms with Crippen LogP contribution < -0.4 is 27.4 Å². The van der Waals surface area contributed by atoms with Crippen molar-refractivity contribution < 1.29 is 29.1 Å². The van der Waals surface area contributed by atoms with E-state index in [-0.39, 0.29) is 31.4 Å². The Morgan fingerprint density at radius 2 is 1.63 bits per heavy atom. The Morgan fingerprint density at radius 3 is 2.26 bits per heavy atom. The minimum Gasteiger partial charge on any atom is -0.480 e. The second-order valence-electron chi connectivity index (χ2n) is 8.66. The van der Waals surface area contributed by atoms with E-state index in [2.05, 4.69) is 33.6 Å². The second-order valence-corrected chi connectivity index (χ2v) is 10.0. The Hall–Kier alpha value is -3.23. The van der Waals surface area contributed by atoms with E-state index >= 15 is 0 Å². The molecule has 4 unspecified atom stereocenters. The van der Waals surface area contributed by atoms with E-state index in [1.165, 1.54) is 11.8 Å². The molecular formula is C24H34N6O6S2. The summed E-state index contributed by atoms with van der Waals surface area (Å²) >= 11 is 5.41. The highest BCUT2D eigenvalue weighted by molar-refractivity contribution is 7.98. The number of thiol groups is 1. The topological polar surface area (TPSA) is 209 Å². The number of thioether (sulfide) groups is 1. The summed E-state index contributed by atoms with van der Waals surface area (Å²) in [6.07, 6.45) is 3.77. The van der Waals surface area contributed by atoms with Crippen LogP contribution >= 0.6 is 24.4 Å². The number of amides is 4. The lowest BCUT2D eigenvalue weighted by atomic mass is 10.0. The molecule has 0 spiro atoms. The van der Waals surface area contributed by atoms with Gasteiger partial charge in [0.1, 0.15) is 18.1 Å². The van der Waals surface area contributed by atoms with E-state index in [4.69, 9.17) is 11.5 Å². The van der Waals surface area contributed by atoms with Gasteiger partial charge in [-0.2, -0.15) is 24.4 Å². The second kappa shape index (κ2) is 15.2. The summed E-state index contributed by atoms with van der Waals surface area (Å²) in [5.74, 6) is -3.46. The molecule has 12 nitrogen and oxygen atoms in total. The average molecular weight is 567 g/mol. The highest BCUT2D eigenvalue weighted by Gasteiger charge is 2.30. The van der Waals surface area contributed by atoms with Gasteiger partial charge in [0.2, 0.25) is 23.6 Å².